The van der Waals surface area contributed by atoms with Crippen LogP contribution >= 0.6 is 0 Å². The van der Waals surface area contributed by atoms with Crippen molar-refractivity contribution in [3.05, 3.63) is 140 Å². The molecule has 15 heteroatoms. The maximum Gasteiger partial charge on any atom is 0.438 e. The fourth-order valence-electron chi connectivity index (χ4n) is 8.60. The molecular weight excluding hydrogens is 785 g/mol. The molecule has 320 valence electrons. The highest BCUT2D eigenvalue weighted by atomic mass is 16.5. The van der Waals surface area contributed by atoms with Gasteiger partial charge < -0.3 is 14.6 Å². The Morgan fingerprint density at radius 2 is 1.68 bits per heavy atom. The van der Waals surface area contributed by atoms with Crippen LogP contribution in [0.15, 0.2) is 99.4 Å². The van der Waals surface area contributed by atoms with Crippen LogP contribution in [-0.2, 0) is 24.8 Å². The van der Waals surface area contributed by atoms with E-state index >= 15 is 0 Å². The highest BCUT2D eigenvalue weighted by Crippen LogP contribution is 2.44. The standard InChI is InChI=1S/C34H30N8O2.C7H14O.C6H8N2O2/c1-21-14-22(2)16-26(15-21)42-32(41-13-12-40(34(41)44)25-8-9-31-24(17-25)19-35-38(31)3)27-20-39(11-10-29(27)37-42)33(43)30-18-23-6-4-5-7-28(23)36-30;1-7(2)5-3-4-6-8-7;1-3-2-4(3)5-7-6(9)10-8-5/h4-9,12-19,36H,10-11,20H2,1-3H3;3-6H2,1-2H3;3-4H,2H2,1H3,(H,7,8,9)/t;;3-,4+/m..0/s1. The molecule has 62 heavy (non-hydrogen) atoms. The topological polar surface area (TPSA) is 167 Å². The monoisotopic (exact) mass is 836 g/mol. The van der Waals surface area contributed by atoms with Crippen LogP contribution in [0.3, 0.4) is 0 Å². The number of aromatic amines is 2. The summed E-state index contributed by atoms with van der Waals surface area (Å²) in [6.07, 6.45) is 10.9. The van der Waals surface area contributed by atoms with Gasteiger partial charge in [0.2, 0.25) is 0 Å². The summed E-state index contributed by atoms with van der Waals surface area (Å²) in [6, 6.07) is 21.9. The molecule has 3 aromatic carbocycles. The second kappa shape index (κ2) is 16.3. The van der Waals surface area contributed by atoms with Crippen molar-refractivity contribution < 1.29 is 14.1 Å². The Morgan fingerprint density at radius 1 is 0.903 bits per heavy atom. The number of rotatable bonds is 5. The third-order valence-corrected chi connectivity index (χ3v) is 12.1. The third-order valence-electron chi connectivity index (χ3n) is 12.1. The van der Waals surface area contributed by atoms with Crippen molar-refractivity contribution in [2.24, 2.45) is 13.0 Å². The first-order valence-electron chi connectivity index (χ1n) is 21.3. The molecule has 1 amide bonds. The van der Waals surface area contributed by atoms with Gasteiger partial charge >= 0.3 is 11.4 Å². The van der Waals surface area contributed by atoms with Gasteiger partial charge in [0.1, 0.15) is 11.5 Å². The summed E-state index contributed by atoms with van der Waals surface area (Å²) in [4.78, 5) is 46.0. The minimum atomic E-state index is -0.450. The molecular formula is C47H52N10O5. The number of hydrogen-bond acceptors (Lipinski definition) is 8. The molecule has 5 aromatic heterocycles. The molecule has 2 atom stereocenters. The summed E-state index contributed by atoms with van der Waals surface area (Å²) in [7, 11) is 1.90. The van der Waals surface area contributed by atoms with Crippen LogP contribution in [0.5, 0.6) is 0 Å². The van der Waals surface area contributed by atoms with Crippen LogP contribution in [0, 0.1) is 19.8 Å². The first kappa shape index (κ1) is 40.7. The smallest absolute Gasteiger partial charge is 0.376 e. The van der Waals surface area contributed by atoms with Gasteiger partial charge in [-0.1, -0.05) is 36.3 Å². The number of H-pyrrole nitrogens is 2. The van der Waals surface area contributed by atoms with Gasteiger partial charge in [-0.25, -0.2) is 14.3 Å². The molecule has 11 rings (SSSR count). The lowest BCUT2D eigenvalue weighted by atomic mass is 9.99. The maximum absolute atomic E-state index is 14.1. The SMILES string of the molecule is CC1(C)CCCCO1.C[C@H]1C[C@H]1c1noc(=O)[nH]1.Cc1cc(C)cc(-n2nc3c(c2-n2ccn(-c4ccc5c(cnn5C)c4)c2=O)CN(C(=O)c2cc4ccccc4[nH]2)CC3)c1. The number of carbonyl (C=O) groups excluding carboxylic acids is 1. The molecule has 1 saturated carbocycles. The molecule has 0 spiro atoms. The lowest BCUT2D eigenvalue weighted by molar-refractivity contribution is -0.0511. The van der Waals surface area contributed by atoms with E-state index in [9.17, 15) is 14.4 Å². The van der Waals surface area contributed by atoms with E-state index in [1.54, 1.807) is 27.7 Å². The lowest BCUT2D eigenvalue weighted by Gasteiger charge is -2.29. The minimum absolute atomic E-state index is 0.0772. The van der Waals surface area contributed by atoms with Gasteiger partial charge in [0.25, 0.3) is 5.91 Å². The van der Waals surface area contributed by atoms with Gasteiger partial charge in [0.15, 0.2) is 5.82 Å². The summed E-state index contributed by atoms with van der Waals surface area (Å²) in [5.41, 5.74) is 7.99. The van der Waals surface area contributed by atoms with Crippen molar-refractivity contribution in [3.8, 4) is 17.2 Å². The number of amides is 1. The molecule has 2 N–H and O–H groups in total. The van der Waals surface area contributed by atoms with Gasteiger partial charge in [-0.05, 0) is 113 Å². The number of fused-ring (bicyclic) bond motifs is 3. The number of nitrogens with zero attached hydrogens (tertiary/aromatic N) is 8. The Kier molecular flexibility index (Phi) is 10.7. The van der Waals surface area contributed by atoms with Crippen LogP contribution in [0.4, 0.5) is 0 Å². The molecule has 0 unspecified atom stereocenters. The molecule has 3 aliphatic rings. The van der Waals surface area contributed by atoms with Crippen molar-refractivity contribution in [3.63, 3.8) is 0 Å². The molecule has 8 aromatic rings. The molecule has 0 radical (unpaired) electrons. The van der Waals surface area contributed by atoms with Crippen molar-refractivity contribution in [1.82, 2.24) is 48.7 Å². The number of ether oxygens (including phenoxy) is 1. The largest absolute Gasteiger partial charge is 0.438 e. The molecule has 2 aliphatic heterocycles. The van der Waals surface area contributed by atoms with E-state index in [2.05, 4.69) is 77.6 Å². The molecule has 1 saturated heterocycles. The number of para-hydroxylation sites is 1. The average molecular weight is 837 g/mol. The number of aryl methyl sites for hydroxylation is 3. The summed E-state index contributed by atoms with van der Waals surface area (Å²) in [5.74, 6) is 1.91. The average Bonchev–Trinajstić information content (AvgIpc) is 3.82. The predicted molar refractivity (Wildman–Crippen MR) is 237 cm³/mol. The molecule has 7 heterocycles. The molecule has 1 aliphatic carbocycles. The zero-order valence-electron chi connectivity index (χ0n) is 36.0. The zero-order valence-corrected chi connectivity index (χ0v) is 36.0. The molecule has 0 bridgehead atoms. The van der Waals surface area contributed by atoms with Crippen molar-refractivity contribution >= 4 is 27.7 Å². The number of benzene rings is 3. The first-order chi connectivity index (χ1) is 29.8. The van der Waals surface area contributed by atoms with Crippen LogP contribution in [0.2, 0.25) is 0 Å². The fraction of sp³-hybridized carbons (Fsp3) is 0.362. The molecule has 15 nitrogen and oxygen atoms in total. The van der Waals surface area contributed by atoms with E-state index in [1.807, 2.05) is 69.8 Å². The predicted octanol–water partition coefficient (Wildman–Crippen LogP) is 7.45. The van der Waals surface area contributed by atoms with Gasteiger partial charge in [-0.15, -0.1) is 0 Å². The second-order valence-electron chi connectivity index (χ2n) is 17.5. The highest BCUT2D eigenvalue weighted by molar-refractivity contribution is 5.98. The van der Waals surface area contributed by atoms with Crippen molar-refractivity contribution in [2.75, 3.05) is 13.2 Å². The fourth-order valence-corrected chi connectivity index (χ4v) is 8.60. The van der Waals surface area contributed by atoms with Gasteiger partial charge in [-0.2, -0.15) is 10.2 Å². The normalized spacial score (nSPS) is 17.9. The number of hydrogen-bond donors (Lipinski definition) is 2. The van der Waals surface area contributed by atoms with Gasteiger partial charge in [0.05, 0.1) is 40.9 Å². The third kappa shape index (κ3) is 8.19. The van der Waals surface area contributed by atoms with E-state index in [-0.39, 0.29) is 17.2 Å². The quantitative estimate of drug-likeness (QED) is 0.180. The van der Waals surface area contributed by atoms with Crippen molar-refractivity contribution in [2.45, 2.75) is 84.8 Å². The number of aromatic nitrogens is 9. The Balaban J connectivity index is 0.000000224. The highest BCUT2D eigenvalue weighted by Gasteiger charge is 2.37. The number of nitrogens with one attached hydrogen (secondary N) is 2. The summed E-state index contributed by atoms with van der Waals surface area (Å²) in [5, 5.41) is 14.9. The Morgan fingerprint density at radius 3 is 2.35 bits per heavy atom. The van der Waals surface area contributed by atoms with E-state index in [1.165, 1.54) is 19.3 Å². The number of imidazole rings is 1. The van der Waals surface area contributed by atoms with Crippen LogP contribution in [0.25, 0.3) is 39.0 Å². The minimum Gasteiger partial charge on any atom is -0.376 e. The summed E-state index contributed by atoms with van der Waals surface area (Å²) >= 11 is 0. The van der Waals surface area contributed by atoms with Crippen LogP contribution in [0.1, 0.15) is 91.1 Å². The molecule has 2 fully saturated rings. The van der Waals surface area contributed by atoms with E-state index in [0.717, 1.165) is 68.6 Å². The Labute approximate surface area is 357 Å². The van der Waals surface area contributed by atoms with Crippen LogP contribution < -0.4 is 11.4 Å². The first-order valence-corrected chi connectivity index (χ1v) is 21.3. The summed E-state index contributed by atoms with van der Waals surface area (Å²) in [6.45, 7) is 12.4. The van der Waals surface area contributed by atoms with Gasteiger partial charge in [-0.3, -0.25) is 28.1 Å². The lowest BCUT2D eigenvalue weighted by Crippen LogP contribution is -2.36. The van der Waals surface area contributed by atoms with E-state index < -0.39 is 5.76 Å². The zero-order chi connectivity index (χ0) is 43.3. The van der Waals surface area contributed by atoms with E-state index in [4.69, 9.17) is 9.84 Å². The summed E-state index contributed by atoms with van der Waals surface area (Å²) < 4.78 is 16.8. The van der Waals surface area contributed by atoms with E-state index in [0.29, 0.717) is 48.7 Å². The second-order valence-corrected chi connectivity index (χ2v) is 17.5. The number of carbonyl (C=O) groups is 1. The maximum atomic E-state index is 14.1. The Hall–Kier alpha value is -6.74. The van der Waals surface area contributed by atoms with Crippen molar-refractivity contribution in [1.29, 1.82) is 0 Å². The van der Waals surface area contributed by atoms with Gasteiger partial charge in [0, 0.05) is 66.8 Å². The van der Waals surface area contributed by atoms with Crippen LogP contribution in [-0.4, -0.2) is 73.4 Å². The Bertz CT molecular complexity index is 2980.